The van der Waals surface area contributed by atoms with Gasteiger partial charge in [-0.05, 0) is 56.2 Å². The third-order valence-corrected chi connectivity index (χ3v) is 6.80. The maximum atomic E-state index is 12.8. The van der Waals surface area contributed by atoms with Gasteiger partial charge in [0.15, 0.2) is 0 Å². The molecule has 1 aromatic heterocycles. The van der Waals surface area contributed by atoms with E-state index in [-0.39, 0.29) is 16.8 Å². The molecular formula is C21H24N2O4S. The number of hydrogen-bond donors (Lipinski definition) is 1. The molecule has 28 heavy (non-hydrogen) atoms. The molecule has 0 fully saturated rings. The van der Waals surface area contributed by atoms with Gasteiger partial charge in [0.2, 0.25) is 10.0 Å². The quantitative estimate of drug-likeness (QED) is 0.707. The van der Waals surface area contributed by atoms with Crippen LogP contribution in [0.2, 0.25) is 0 Å². The fourth-order valence-electron chi connectivity index (χ4n) is 2.99. The van der Waals surface area contributed by atoms with Crippen LogP contribution < -0.4 is 5.32 Å². The number of fused-ring (bicyclic) bond motifs is 1. The first kappa shape index (κ1) is 20.1. The highest BCUT2D eigenvalue weighted by Crippen LogP contribution is 2.26. The highest BCUT2D eigenvalue weighted by molar-refractivity contribution is 7.89. The summed E-state index contributed by atoms with van der Waals surface area (Å²) in [7, 11) is -0.704. The number of amides is 1. The van der Waals surface area contributed by atoms with Gasteiger partial charge in [0, 0.05) is 25.0 Å². The third kappa shape index (κ3) is 3.68. The van der Waals surface area contributed by atoms with Crippen molar-refractivity contribution in [2.75, 3.05) is 14.1 Å². The topological polar surface area (TPSA) is 79.6 Å². The molecule has 1 unspecified atom stereocenters. The number of nitrogens with one attached hydrogen (secondary N) is 1. The Labute approximate surface area is 165 Å². The number of carbonyl (C=O) groups excluding carboxylic acids is 1. The van der Waals surface area contributed by atoms with Gasteiger partial charge in [0.05, 0.1) is 10.9 Å². The van der Waals surface area contributed by atoms with E-state index in [1.165, 1.54) is 20.2 Å². The minimum absolute atomic E-state index is 0.138. The zero-order chi connectivity index (χ0) is 20.6. The normalized spacial score (nSPS) is 13.1. The summed E-state index contributed by atoms with van der Waals surface area (Å²) in [6, 6.07) is 12.3. The van der Waals surface area contributed by atoms with Gasteiger partial charge in [-0.2, -0.15) is 0 Å². The van der Waals surface area contributed by atoms with E-state index in [9.17, 15) is 13.2 Å². The summed E-state index contributed by atoms with van der Waals surface area (Å²) in [5, 5.41) is 3.85. The van der Waals surface area contributed by atoms with Gasteiger partial charge >= 0.3 is 0 Å². The Morgan fingerprint density at radius 1 is 1.11 bits per heavy atom. The number of benzene rings is 2. The lowest BCUT2D eigenvalue weighted by Gasteiger charge is -2.17. The second-order valence-corrected chi connectivity index (χ2v) is 9.21. The molecule has 148 valence electrons. The van der Waals surface area contributed by atoms with Crippen molar-refractivity contribution in [1.29, 1.82) is 0 Å². The molecule has 1 atom stereocenters. The van der Waals surface area contributed by atoms with Crippen molar-refractivity contribution in [1.82, 2.24) is 9.62 Å². The van der Waals surface area contributed by atoms with Crippen LogP contribution in [0.4, 0.5) is 0 Å². The number of furan rings is 1. The van der Waals surface area contributed by atoms with E-state index in [1.54, 1.807) is 19.9 Å². The van der Waals surface area contributed by atoms with Crippen LogP contribution >= 0.6 is 0 Å². The molecule has 3 aromatic rings. The van der Waals surface area contributed by atoms with Crippen LogP contribution in [0, 0.1) is 13.8 Å². The molecule has 0 aliphatic rings. The lowest BCUT2D eigenvalue weighted by molar-refractivity contribution is 0.0935. The average Bonchev–Trinajstić information content (AvgIpc) is 3.07. The van der Waals surface area contributed by atoms with Gasteiger partial charge in [0.25, 0.3) is 5.91 Å². The molecule has 1 heterocycles. The van der Waals surface area contributed by atoms with E-state index in [2.05, 4.69) is 5.32 Å². The zero-order valence-corrected chi connectivity index (χ0v) is 17.4. The Morgan fingerprint density at radius 3 is 2.43 bits per heavy atom. The molecule has 7 heteroatoms. The summed E-state index contributed by atoms with van der Waals surface area (Å²) in [5.41, 5.74) is 2.43. The number of para-hydroxylation sites is 1. The van der Waals surface area contributed by atoms with E-state index in [0.29, 0.717) is 16.9 Å². The Bertz CT molecular complexity index is 1110. The molecule has 0 saturated heterocycles. The van der Waals surface area contributed by atoms with Crippen molar-refractivity contribution in [2.45, 2.75) is 31.7 Å². The van der Waals surface area contributed by atoms with Crippen molar-refractivity contribution >= 4 is 26.9 Å². The molecule has 3 rings (SSSR count). The Kier molecular flexibility index (Phi) is 5.32. The van der Waals surface area contributed by atoms with Gasteiger partial charge in [0.1, 0.15) is 11.3 Å². The van der Waals surface area contributed by atoms with Crippen LogP contribution in [0.3, 0.4) is 0 Å². The first-order chi connectivity index (χ1) is 13.1. The first-order valence-electron chi connectivity index (χ1n) is 8.94. The van der Waals surface area contributed by atoms with E-state index < -0.39 is 10.0 Å². The predicted octanol–water partition coefficient (Wildman–Crippen LogP) is 3.79. The molecule has 0 aliphatic heterocycles. The van der Waals surface area contributed by atoms with Crippen molar-refractivity contribution in [3.8, 4) is 0 Å². The maximum Gasteiger partial charge on any atom is 0.251 e. The highest BCUT2D eigenvalue weighted by Gasteiger charge is 2.24. The number of aryl methyl sites for hydroxylation is 1. The predicted molar refractivity (Wildman–Crippen MR) is 109 cm³/mol. The monoisotopic (exact) mass is 400 g/mol. The Hall–Kier alpha value is -2.64. The molecule has 6 nitrogen and oxygen atoms in total. The first-order valence-corrected chi connectivity index (χ1v) is 10.4. The number of hydrogen-bond acceptors (Lipinski definition) is 4. The van der Waals surface area contributed by atoms with Gasteiger partial charge in [-0.1, -0.05) is 18.2 Å². The summed E-state index contributed by atoms with van der Waals surface area (Å²) >= 11 is 0. The van der Waals surface area contributed by atoms with Crippen molar-refractivity contribution in [3.05, 3.63) is 64.9 Å². The van der Waals surface area contributed by atoms with E-state index in [1.807, 2.05) is 37.3 Å². The molecular weight excluding hydrogens is 376 g/mol. The summed E-state index contributed by atoms with van der Waals surface area (Å²) in [6.45, 7) is 5.36. The second kappa shape index (κ2) is 7.41. The summed E-state index contributed by atoms with van der Waals surface area (Å²) in [6.07, 6.45) is 0. The van der Waals surface area contributed by atoms with Crippen molar-refractivity contribution in [2.24, 2.45) is 0 Å². The van der Waals surface area contributed by atoms with Crippen LogP contribution in [-0.4, -0.2) is 32.7 Å². The fraction of sp³-hybridized carbons (Fsp3) is 0.286. The molecule has 1 N–H and O–H groups in total. The molecule has 0 bridgehead atoms. The van der Waals surface area contributed by atoms with Gasteiger partial charge in [-0.15, -0.1) is 0 Å². The van der Waals surface area contributed by atoms with Crippen LogP contribution in [0.25, 0.3) is 11.0 Å². The van der Waals surface area contributed by atoms with Crippen molar-refractivity contribution in [3.63, 3.8) is 0 Å². The largest absolute Gasteiger partial charge is 0.459 e. The van der Waals surface area contributed by atoms with Crippen LogP contribution in [0.5, 0.6) is 0 Å². The summed E-state index contributed by atoms with van der Waals surface area (Å²) in [5.74, 6) is 0.283. The lowest BCUT2D eigenvalue weighted by atomic mass is 10.1. The minimum Gasteiger partial charge on any atom is -0.459 e. The molecule has 1 amide bonds. The molecule has 0 spiro atoms. The van der Waals surface area contributed by atoms with Crippen LogP contribution in [0.15, 0.2) is 51.8 Å². The van der Waals surface area contributed by atoms with Gasteiger partial charge in [-0.3, -0.25) is 4.79 Å². The third-order valence-electron chi connectivity index (χ3n) is 4.86. The number of nitrogens with zero attached hydrogens (tertiary/aromatic N) is 1. The van der Waals surface area contributed by atoms with E-state index in [0.717, 1.165) is 20.8 Å². The Morgan fingerprint density at radius 2 is 1.79 bits per heavy atom. The van der Waals surface area contributed by atoms with E-state index in [4.69, 9.17) is 4.42 Å². The molecule has 0 radical (unpaired) electrons. The highest BCUT2D eigenvalue weighted by atomic mass is 32.2. The lowest BCUT2D eigenvalue weighted by Crippen LogP contribution is -2.28. The number of sulfonamides is 1. The standard InChI is InChI=1S/C21H24N2O4S/c1-13-10-17(12-20(14(13)2)28(25,26)23(4)5)21(24)22-15(3)19-11-16-8-6-7-9-18(16)27-19/h6-12,15H,1-5H3,(H,22,24). The minimum atomic E-state index is -3.65. The van der Waals surface area contributed by atoms with Gasteiger partial charge < -0.3 is 9.73 Å². The van der Waals surface area contributed by atoms with Crippen molar-refractivity contribution < 1.29 is 17.6 Å². The number of carbonyl (C=O) groups is 1. The second-order valence-electron chi connectivity index (χ2n) is 7.09. The van der Waals surface area contributed by atoms with E-state index >= 15 is 0 Å². The number of rotatable bonds is 5. The SMILES string of the molecule is Cc1cc(C(=O)NC(C)c2cc3ccccc3o2)cc(S(=O)(=O)N(C)C)c1C. The van der Waals surface area contributed by atoms with Gasteiger partial charge in [-0.25, -0.2) is 12.7 Å². The van der Waals surface area contributed by atoms with Crippen LogP contribution in [-0.2, 0) is 10.0 Å². The smallest absolute Gasteiger partial charge is 0.251 e. The fourth-order valence-corrected chi connectivity index (χ4v) is 4.21. The average molecular weight is 401 g/mol. The molecule has 0 aliphatic carbocycles. The molecule has 2 aromatic carbocycles. The maximum absolute atomic E-state index is 12.8. The molecule has 0 saturated carbocycles. The Balaban J connectivity index is 1.91. The zero-order valence-electron chi connectivity index (χ0n) is 16.6. The summed E-state index contributed by atoms with van der Waals surface area (Å²) in [4.78, 5) is 12.9. The summed E-state index contributed by atoms with van der Waals surface area (Å²) < 4.78 is 32.2. The van der Waals surface area contributed by atoms with Crippen LogP contribution in [0.1, 0.15) is 40.2 Å².